The molecule has 4 rings (SSSR count). The van der Waals surface area contributed by atoms with Crippen LogP contribution in [-0.4, -0.2) is 36.9 Å². The molecule has 0 saturated carbocycles. The van der Waals surface area contributed by atoms with Crippen LogP contribution >= 0.6 is 11.6 Å². The number of hydrogen-bond donors (Lipinski definition) is 2. The quantitative estimate of drug-likeness (QED) is 0.361. The van der Waals surface area contributed by atoms with Gasteiger partial charge in [-0.15, -0.1) is 0 Å². The number of aromatic nitrogens is 5. The molecule has 2 N–H and O–H groups in total. The normalized spacial score (nSPS) is 11.2. The molecule has 4 aromatic rings. The zero-order valence-corrected chi connectivity index (χ0v) is 19.7. The van der Waals surface area contributed by atoms with Crippen molar-refractivity contribution in [1.29, 1.82) is 0 Å². The summed E-state index contributed by atoms with van der Waals surface area (Å²) in [6, 6.07) is 4.12. The lowest BCUT2D eigenvalue weighted by atomic mass is 10.2. The predicted octanol–water partition coefficient (Wildman–Crippen LogP) is 2.29. The second-order valence-corrected chi connectivity index (χ2v) is 8.25. The van der Waals surface area contributed by atoms with E-state index in [0.717, 1.165) is 4.57 Å². The van der Waals surface area contributed by atoms with Gasteiger partial charge in [0.25, 0.3) is 0 Å². The van der Waals surface area contributed by atoms with Gasteiger partial charge >= 0.3 is 11.4 Å². The zero-order chi connectivity index (χ0) is 26.1. The average molecular weight is 522 g/mol. The van der Waals surface area contributed by atoms with Crippen molar-refractivity contribution < 1.29 is 18.0 Å². The Kier molecular flexibility index (Phi) is 6.84. The summed E-state index contributed by atoms with van der Waals surface area (Å²) >= 11 is 6.34. The first kappa shape index (κ1) is 25.0. The van der Waals surface area contributed by atoms with Crippen LogP contribution in [0.3, 0.4) is 0 Å². The molecule has 188 valence electrons. The van der Waals surface area contributed by atoms with E-state index >= 15 is 0 Å². The number of hydrogen-bond acceptors (Lipinski definition) is 6. The molecule has 0 unspecified atom stereocenters. The molecule has 2 aromatic carbocycles. The Balaban J connectivity index is 1.84. The first-order valence-electron chi connectivity index (χ1n) is 10.5. The Labute approximate surface area is 205 Å². The van der Waals surface area contributed by atoms with Crippen molar-refractivity contribution in [3.05, 3.63) is 79.5 Å². The highest BCUT2D eigenvalue weighted by atomic mass is 35.5. The van der Waals surface area contributed by atoms with Crippen LogP contribution in [0.15, 0.2) is 40.1 Å². The summed E-state index contributed by atoms with van der Waals surface area (Å²) in [5, 5.41) is 10.3. The van der Waals surface area contributed by atoms with Crippen LogP contribution in [0.2, 0.25) is 5.02 Å². The summed E-state index contributed by atoms with van der Waals surface area (Å²) < 4.78 is 44.8. The maximum Gasteiger partial charge on any atom is 0.354 e. The number of nitrogens with one attached hydrogen (secondary N) is 2. The van der Waals surface area contributed by atoms with Gasteiger partial charge in [-0.25, -0.2) is 27.3 Å². The van der Waals surface area contributed by atoms with Crippen molar-refractivity contribution in [2.24, 2.45) is 7.05 Å². The highest BCUT2D eigenvalue weighted by Crippen LogP contribution is 2.29. The number of fused-ring (bicyclic) bond motifs is 1. The molecule has 0 aliphatic heterocycles. The van der Waals surface area contributed by atoms with Gasteiger partial charge in [-0.2, -0.15) is 10.1 Å². The highest BCUT2D eigenvalue weighted by Gasteiger charge is 2.19. The van der Waals surface area contributed by atoms with E-state index in [4.69, 9.17) is 11.6 Å². The van der Waals surface area contributed by atoms with Crippen molar-refractivity contribution >= 4 is 40.0 Å². The van der Waals surface area contributed by atoms with Gasteiger partial charge in [0, 0.05) is 50.3 Å². The SMILES string of the molecule is CNC(=O)CCn1c(=O)nc(Nc2cc3cn(C)nc3cc2Cl)n(Cc2cc(F)c(F)cc2F)c1=O. The summed E-state index contributed by atoms with van der Waals surface area (Å²) in [4.78, 5) is 41.4. The smallest absolute Gasteiger partial charge is 0.354 e. The number of nitrogens with zero attached hydrogens (tertiary/aromatic N) is 5. The predicted molar refractivity (Wildman–Crippen MR) is 126 cm³/mol. The molecule has 1 amide bonds. The van der Waals surface area contributed by atoms with Crippen LogP contribution in [0.25, 0.3) is 10.9 Å². The van der Waals surface area contributed by atoms with Gasteiger partial charge in [0.05, 0.1) is 22.8 Å². The van der Waals surface area contributed by atoms with E-state index in [9.17, 15) is 27.6 Å². The van der Waals surface area contributed by atoms with Gasteiger partial charge in [-0.05, 0) is 18.2 Å². The van der Waals surface area contributed by atoms with E-state index in [1.807, 2.05) is 0 Å². The van der Waals surface area contributed by atoms with Crippen molar-refractivity contribution in [2.45, 2.75) is 19.5 Å². The van der Waals surface area contributed by atoms with E-state index in [1.165, 1.54) is 7.05 Å². The van der Waals surface area contributed by atoms with Crippen molar-refractivity contribution in [1.82, 2.24) is 29.2 Å². The summed E-state index contributed by atoms with van der Waals surface area (Å²) in [6.07, 6.45) is 1.51. The molecule has 0 saturated heterocycles. The van der Waals surface area contributed by atoms with Crippen LogP contribution in [0.1, 0.15) is 12.0 Å². The minimum absolute atomic E-state index is 0.185. The summed E-state index contributed by atoms with van der Waals surface area (Å²) in [6.45, 7) is -0.919. The Bertz CT molecular complexity index is 1610. The summed E-state index contributed by atoms with van der Waals surface area (Å²) in [5.74, 6) is -4.58. The topological polar surface area (TPSA) is 116 Å². The second kappa shape index (κ2) is 9.85. The first-order chi connectivity index (χ1) is 17.1. The highest BCUT2D eigenvalue weighted by molar-refractivity contribution is 6.34. The van der Waals surface area contributed by atoms with Gasteiger partial charge in [0.15, 0.2) is 11.6 Å². The molecule has 2 aromatic heterocycles. The van der Waals surface area contributed by atoms with Gasteiger partial charge in [-0.1, -0.05) is 11.6 Å². The van der Waals surface area contributed by atoms with Crippen LogP contribution < -0.4 is 22.0 Å². The Morgan fingerprint density at radius 2 is 1.78 bits per heavy atom. The molecule has 0 aliphatic carbocycles. The fourth-order valence-electron chi connectivity index (χ4n) is 3.54. The molecule has 36 heavy (non-hydrogen) atoms. The van der Waals surface area contributed by atoms with Gasteiger partial charge in [-0.3, -0.25) is 14.0 Å². The van der Waals surface area contributed by atoms with Crippen molar-refractivity contribution in [3.63, 3.8) is 0 Å². The number of anilines is 2. The first-order valence-corrected chi connectivity index (χ1v) is 10.9. The average Bonchev–Trinajstić information content (AvgIpc) is 3.17. The lowest BCUT2D eigenvalue weighted by molar-refractivity contribution is -0.120. The standard InChI is InChI=1S/C22H19ClF3N7O3/c1-27-19(34)3-4-32-21(35)29-20(28-18-6-12-9-31(2)30-17(12)7-13(18)23)33(22(32)36)10-11-5-15(25)16(26)8-14(11)24/h5-9H,3-4,10H2,1-2H3,(H,27,34)(H,28,29,35). The summed E-state index contributed by atoms with van der Waals surface area (Å²) in [5.41, 5.74) is -1.46. The Morgan fingerprint density at radius 1 is 1.06 bits per heavy atom. The minimum atomic E-state index is -1.40. The molecule has 0 bridgehead atoms. The third-order valence-electron chi connectivity index (χ3n) is 5.36. The van der Waals surface area contributed by atoms with Crippen LogP contribution in [0.4, 0.5) is 24.8 Å². The second-order valence-electron chi connectivity index (χ2n) is 7.84. The number of aryl methyl sites for hydroxylation is 1. The Morgan fingerprint density at radius 3 is 2.50 bits per heavy atom. The minimum Gasteiger partial charge on any atom is -0.359 e. The number of carbonyl (C=O) groups excluding carboxylic acids is 1. The number of carbonyl (C=O) groups is 1. The maximum atomic E-state index is 14.4. The number of rotatable bonds is 7. The van der Waals surface area contributed by atoms with Crippen LogP contribution in [-0.2, 0) is 24.9 Å². The molecular weight excluding hydrogens is 503 g/mol. The lowest BCUT2D eigenvalue weighted by Crippen LogP contribution is -2.43. The monoisotopic (exact) mass is 521 g/mol. The van der Waals surface area contributed by atoms with Gasteiger partial charge < -0.3 is 10.6 Å². The number of benzene rings is 2. The third kappa shape index (κ3) is 4.96. The molecule has 2 heterocycles. The van der Waals surface area contributed by atoms with E-state index in [2.05, 4.69) is 20.7 Å². The molecule has 0 fully saturated rings. The molecular formula is C22H19ClF3N7O3. The van der Waals surface area contributed by atoms with Crippen LogP contribution in [0, 0.1) is 17.5 Å². The van der Waals surface area contributed by atoms with Crippen molar-refractivity contribution in [3.8, 4) is 0 Å². The van der Waals surface area contributed by atoms with Crippen LogP contribution in [0.5, 0.6) is 0 Å². The number of amides is 1. The maximum absolute atomic E-state index is 14.4. The molecule has 0 radical (unpaired) electrons. The largest absolute Gasteiger partial charge is 0.359 e. The van der Waals surface area contributed by atoms with Crippen molar-refractivity contribution in [2.75, 3.05) is 12.4 Å². The summed E-state index contributed by atoms with van der Waals surface area (Å²) in [7, 11) is 3.11. The van der Waals surface area contributed by atoms with E-state index in [1.54, 1.807) is 30.1 Å². The van der Waals surface area contributed by atoms with Gasteiger partial charge in [0.2, 0.25) is 11.9 Å². The lowest BCUT2D eigenvalue weighted by Gasteiger charge is -2.16. The molecule has 0 aliphatic rings. The van der Waals surface area contributed by atoms with E-state index < -0.39 is 41.3 Å². The van der Waals surface area contributed by atoms with E-state index in [-0.39, 0.29) is 35.2 Å². The Hall–Kier alpha value is -4.13. The fraction of sp³-hybridized carbons (Fsp3) is 0.227. The molecule has 0 spiro atoms. The number of halogens is 4. The fourth-order valence-corrected chi connectivity index (χ4v) is 3.74. The molecule has 0 atom stereocenters. The zero-order valence-electron chi connectivity index (χ0n) is 19.0. The van der Waals surface area contributed by atoms with Gasteiger partial charge in [0.1, 0.15) is 5.82 Å². The molecule has 14 heteroatoms. The third-order valence-corrected chi connectivity index (χ3v) is 5.68. The molecule has 10 nitrogen and oxygen atoms in total. The van der Waals surface area contributed by atoms with E-state index in [0.29, 0.717) is 27.6 Å².